The molecule has 2 heteroatoms. The van der Waals surface area contributed by atoms with Crippen LogP contribution in [0.2, 0.25) is 0 Å². The molecule has 79 valence electrons. The van der Waals surface area contributed by atoms with Crippen molar-refractivity contribution in [3.05, 3.63) is 35.2 Å². The van der Waals surface area contributed by atoms with Gasteiger partial charge in [-0.3, -0.25) is 0 Å². The Labute approximate surface area is 91.5 Å². The van der Waals surface area contributed by atoms with E-state index in [1.54, 1.807) is 0 Å². The summed E-state index contributed by atoms with van der Waals surface area (Å²) in [4.78, 5) is 0. The van der Waals surface area contributed by atoms with Crippen molar-refractivity contribution in [2.45, 2.75) is 27.2 Å². The Bertz CT molecular complexity index is 363. The first-order valence-electron chi connectivity index (χ1n) is 5.17. The number of hydrogen-bond donors (Lipinski definition) is 0. The van der Waals surface area contributed by atoms with Crippen LogP contribution in [0.25, 0.3) is 0 Å². The highest BCUT2D eigenvalue weighted by atomic mass is 16.5. The molecule has 15 heavy (non-hydrogen) atoms. The number of nitriles is 1. The molecule has 0 fully saturated rings. The molecule has 1 aromatic carbocycles. The van der Waals surface area contributed by atoms with Gasteiger partial charge in [-0.1, -0.05) is 32.9 Å². The van der Waals surface area contributed by atoms with E-state index in [2.05, 4.69) is 6.07 Å². The second kappa shape index (κ2) is 5.41. The number of ether oxygens (including phenoxy) is 1. The summed E-state index contributed by atoms with van der Waals surface area (Å²) < 4.78 is 5.53. The first-order valence-corrected chi connectivity index (χ1v) is 5.17. The van der Waals surface area contributed by atoms with Crippen molar-refractivity contribution in [2.75, 3.05) is 6.61 Å². The smallest absolute Gasteiger partial charge is 0.137 e. The minimum atomic E-state index is 0.644. The van der Waals surface area contributed by atoms with Gasteiger partial charge in [-0.05, 0) is 18.1 Å². The predicted octanol–water partition coefficient (Wildman–Crippen LogP) is 3.31. The molecule has 0 aliphatic heterocycles. The lowest BCUT2D eigenvalue weighted by Gasteiger charge is -2.12. The molecule has 2 nitrogen and oxygen atoms in total. The third-order valence-electron chi connectivity index (χ3n) is 2.14. The Morgan fingerprint density at radius 2 is 2.13 bits per heavy atom. The van der Waals surface area contributed by atoms with Gasteiger partial charge in [0.15, 0.2) is 0 Å². The van der Waals surface area contributed by atoms with Gasteiger partial charge in [0, 0.05) is 5.92 Å². The van der Waals surface area contributed by atoms with Crippen LogP contribution < -0.4 is 4.74 Å². The van der Waals surface area contributed by atoms with Crippen molar-refractivity contribution in [1.29, 1.82) is 5.26 Å². The fraction of sp³-hybridized carbons (Fsp3) is 0.385. The lowest BCUT2D eigenvalue weighted by atomic mass is 9.97. The number of nitrogens with zero attached hydrogens (tertiary/aromatic N) is 1. The van der Waals surface area contributed by atoms with Crippen LogP contribution in [0.4, 0.5) is 0 Å². The molecular formula is C13H16NO. The van der Waals surface area contributed by atoms with Crippen LogP contribution >= 0.6 is 0 Å². The molecule has 0 saturated carbocycles. The molecule has 0 atom stereocenters. The van der Waals surface area contributed by atoms with Crippen LogP contribution in [0.1, 0.15) is 38.3 Å². The van der Waals surface area contributed by atoms with Crippen LogP contribution in [0.15, 0.2) is 18.2 Å². The minimum Gasteiger partial charge on any atom is -0.492 e. The first-order chi connectivity index (χ1) is 7.20. The van der Waals surface area contributed by atoms with Crippen LogP contribution in [-0.2, 0) is 0 Å². The molecule has 0 unspecified atom stereocenters. The molecular weight excluding hydrogens is 186 g/mol. The lowest BCUT2D eigenvalue weighted by molar-refractivity contribution is 0.316. The van der Waals surface area contributed by atoms with Crippen LogP contribution in [0, 0.1) is 17.2 Å². The van der Waals surface area contributed by atoms with E-state index in [4.69, 9.17) is 10.00 Å². The SMILES string of the molecule is CCCOc1cccc([C](C)C)c1C#N. The second-order valence-electron chi connectivity index (χ2n) is 3.64. The summed E-state index contributed by atoms with van der Waals surface area (Å²) in [7, 11) is 0. The monoisotopic (exact) mass is 202 g/mol. The Morgan fingerprint density at radius 3 is 2.67 bits per heavy atom. The quantitative estimate of drug-likeness (QED) is 0.750. The predicted molar refractivity (Wildman–Crippen MR) is 60.6 cm³/mol. The van der Waals surface area contributed by atoms with Crippen molar-refractivity contribution >= 4 is 0 Å². The Kier molecular flexibility index (Phi) is 4.17. The standard InChI is InChI=1S/C13H16NO/c1-4-8-15-13-7-5-6-11(10(2)3)12(13)9-14/h5-7H,4,8H2,1-3H3. The Hall–Kier alpha value is -1.49. The summed E-state index contributed by atoms with van der Waals surface area (Å²) in [5.74, 6) is 1.83. The third kappa shape index (κ3) is 2.73. The molecule has 1 aromatic rings. The molecule has 1 rings (SSSR count). The van der Waals surface area contributed by atoms with E-state index in [-0.39, 0.29) is 0 Å². The molecule has 1 radical (unpaired) electrons. The number of rotatable bonds is 4. The van der Waals surface area contributed by atoms with Gasteiger partial charge in [0.25, 0.3) is 0 Å². The molecule has 0 aromatic heterocycles. The molecule has 0 aliphatic carbocycles. The fourth-order valence-electron chi connectivity index (χ4n) is 1.40. The van der Waals surface area contributed by atoms with Crippen molar-refractivity contribution < 1.29 is 4.74 Å². The maximum atomic E-state index is 9.10. The number of benzene rings is 1. The van der Waals surface area contributed by atoms with E-state index < -0.39 is 0 Å². The summed E-state index contributed by atoms with van der Waals surface area (Å²) in [6, 6.07) is 7.93. The normalized spacial score (nSPS) is 10.1. The second-order valence-corrected chi connectivity index (χ2v) is 3.64. The first kappa shape index (κ1) is 11.6. The summed E-state index contributed by atoms with van der Waals surface area (Å²) in [5.41, 5.74) is 1.62. The highest BCUT2D eigenvalue weighted by molar-refractivity contribution is 5.53. The topological polar surface area (TPSA) is 33.0 Å². The third-order valence-corrected chi connectivity index (χ3v) is 2.14. The molecule has 0 amide bonds. The van der Waals surface area contributed by atoms with Gasteiger partial charge in [-0.2, -0.15) is 5.26 Å². The van der Waals surface area contributed by atoms with E-state index in [1.165, 1.54) is 0 Å². The molecule has 0 saturated heterocycles. The zero-order chi connectivity index (χ0) is 11.3. The van der Waals surface area contributed by atoms with Crippen LogP contribution in [0.5, 0.6) is 5.75 Å². The van der Waals surface area contributed by atoms with Crippen molar-refractivity contribution in [3.8, 4) is 11.8 Å². The van der Waals surface area contributed by atoms with Gasteiger partial charge in [0.2, 0.25) is 0 Å². The van der Waals surface area contributed by atoms with Gasteiger partial charge in [0.05, 0.1) is 12.2 Å². The minimum absolute atomic E-state index is 0.644. The summed E-state index contributed by atoms with van der Waals surface area (Å²) in [6.45, 7) is 6.70. The average Bonchev–Trinajstić information content (AvgIpc) is 2.25. The summed E-state index contributed by atoms with van der Waals surface area (Å²) >= 11 is 0. The molecule has 0 spiro atoms. The maximum Gasteiger partial charge on any atom is 0.137 e. The Balaban J connectivity index is 3.06. The van der Waals surface area contributed by atoms with Gasteiger partial charge < -0.3 is 4.74 Å². The zero-order valence-electron chi connectivity index (χ0n) is 9.50. The highest BCUT2D eigenvalue weighted by Crippen LogP contribution is 2.26. The fourth-order valence-corrected chi connectivity index (χ4v) is 1.40. The maximum absolute atomic E-state index is 9.10. The van der Waals surface area contributed by atoms with Crippen molar-refractivity contribution in [1.82, 2.24) is 0 Å². The van der Waals surface area contributed by atoms with E-state index in [9.17, 15) is 0 Å². The molecule has 0 bridgehead atoms. The van der Waals surface area contributed by atoms with Gasteiger partial charge >= 0.3 is 0 Å². The van der Waals surface area contributed by atoms with E-state index in [0.717, 1.165) is 17.9 Å². The van der Waals surface area contributed by atoms with Gasteiger partial charge in [-0.25, -0.2) is 0 Å². The average molecular weight is 202 g/mol. The van der Waals surface area contributed by atoms with E-state index >= 15 is 0 Å². The van der Waals surface area contributed by atoms with E-state index in [1.807, 2.05) is 39.0 Å². The molecule has 0 heterocycles. The largest absolute Gasteiger partial charge is 0.492 e. The molecule has 0 aliphatic rings. The molecule has 0 N–H and O–H groups in total. The van der Waals surface area contributed by atoms with Crippen molar-refractivity contribution in [2.24, 2.45) is 0 Å². The van der Waals surface area contributed by atoms with Crippen LogP contribution in [0.3, 0.4) is 0 Å². The van der Waals surface area contributed by atoms with E-state index in [0.29, 0.717) is 17.9 Å². The van der Waals surface area contributed by atoms with Crippen LogP contribution in [-0.4, -0.2) is 6.61 Å². The lowest BCUT2D eigenvalue weighted by Crippen LogP contribution is -2.01. The number of hydrogen-bond acceptors (Lipinski definition) is 2. The summed E-state index contributed by atoms with van der Waals surface area (Å²) in [6.07, 6.45) is 0.948. The highest BCUT2D eigenvalue weighted by Gasteiger charge is 2.11. The summed E-state index contributed by atoms with van der Waals surface area (Å²) in [5, 5.41) is 9.10. The van der Waals surface area contributed by atoms with Crippen molar-refractivity contribution in [3.63, 3.8) is 0 Å². The van der Waals surface area contributed by atoms with Gasteiger partial charge in [0.1, 0.15) is 11.8 Å². The zero-order valence-corrected chi connectivity index (χ0v) is 9.50. The van der Waals surface area contributed by atoms with Gasteiger partial charge in [-0.15, -0.1) is 0 Å². The Morgan fingerprint density at radius 1 is 1.40 bits per heavy atom.